The first-order valence-electron chi connectivity index (χ1n) is 7.65. The Morgan fingerprint density at radius 1 is 1.32 bits per heavy atom. The quantitative estimate of drug-likeness (QED) is 0.719. The van der Waals surface area contributed by atoms with E-state index in [2.05, 4.69) is 35.9 Å². The first-order chi connectivity index (χ1) is 9.12. The molecule has 0 aromatic rings. The molecule has 0 spiro atoms. The van der Waals surface area contributed by atoms with Gasteiger partial charge in [0.25, 0.3) is 0 Å². The summed E-state index contributed by atoms with van der Waals surface area (Å²) in [4.78, 5) is 5.15. The summed E-state index contributed by atoms with van der Waals surface area (Å²) in [7, 11) is 0. The van der Waals surface area contributed by atoms with Crippen molar-refractivity contribution in [1.29, 1.82) is 0 Å². The van der Waals surface area contributed by atoms with Gasteiger partial charge in [0.1, 0.15) is 5.76 Å². The molecule has 0 amide bonds. The lowest BCUT2D eigenvalue weighted by molar-refractivity contribution is 0.144. The van der Waals surface area contributed by atoms with E-state index in [0.29, 0.717) is 6.04 Å². The molecule has 3 heteroatoms. The van der Waals surface area contributed by atoms with Gasteiger partial charge in [-0.15, -0.1) is 0 Å². The Morgan fingerprint density at radius 2 is 2.21 bits per heavy atom. The summed E-state index contributed by atoms with van der Waals surface area (Å²) in [6.07, 6.45) is 7.47. The monoisotopic (exact) mass is 260 g/mol. The molecule has 0 N–H and O–H groups in total. The van der Waals surface area contributed by atoms with Crippen LogP contribution in [0.15, 0.2) is 23.6 Å². The second-order valence-corrected chi connectivity index (χ2v) is 7.28. The van der Waals surface area contributed by atoms with Gasteiger partial charge < -0.3 is 14.5 Å². The minimum Gasteiger partial charge on any atom is -0.491 e. The Labute approximate surface area is 115 Å². The van der Waals surface area contributed by atoms with Crippen molar-refractivity contribution in [3.63, 3.8) is 0 Å². The highest BCUT2D eigenvalue weighted by Crippen LogP contribution is 2.42. The zero-order valence-corrected chi connectivity index (χ0v) is 12.1. The molecule has 3 nitrogen and oxygen atoms in total. The molecule has 0 saturated carbocycles. The van der Waals surface area contributed by atoms with E-state index in [-0.39, 0.29) is 5.41 Å². The van der Waals surface area contributed by atoms with Gasteiger partial charge in [-0.2, -0.15) is 0 Å². The molecule has 4 rings (SSSR count). The van der Waals surface area contributed by atoms with Gasteiger partial charge in [-0.05, 0) is 25.3 Å². The number of hydrogen-bond acceptors (Lipinski definition) is 3. The maximum absolute atomic E-state index is 5.90. The van der Waals surface area contributed by atoms with Gasteiger partial charge in [-0.1, -0.05) is 19.9 Å². The van der Waals surface area contributed by atoms with Crippen LogP contribution in [-0.4, -0.2) is 48.6 Å². The van der Waals surface area contributed by atoms with Crippen LogP contribution >= 0.6 is 0 Å². The van der Waals surface area contributed by atoms with Crippen molar-refractivity contribution in [3.8, 4) is 0 Å². The molecule has 3 atom stereocenters. The van der Waals surface area contributed by atoms with Gasteiger partial charge in [0.15, 0.2) is 0 Å². The maximum atomic E-state index is 5.90. The third kappa shape index (κ3) is 1.90. The highest BCUT2D eigenvalue weighted by atomic mass is 16.5. The summed E-state index contributed by atoms with van der Waals surface area (Å²) < 4.78 is 5.90. The van der Waals surface area contributed by atoms with E-state index >= 15 is 0 Å². The van der Waals surface area contributed by atoms with Gasteiger partial charge >= 0.3 is 0 Å². The van der Waals surface area contributed by atoms with Gasteiger partial charge in [-0.3, -0.25) is 0 Å². The van der Waals surface area contributed by atoms with Crippen molar-refractivity contribution in [2.75, 3.05) is 32.8 Å². The maximum Gasteiger partial charge on any atom is 0.138 e. The highest BCUT2D eigenvalue weighted by Gasteiger charge is 2.39. The lowest BCUT2D eigenvalue weighted by atomic mass is 9.85. The number of ether oxygens (including phenoxy) is 1. The lowest BCUT2D eigenvalue weighted by Crippen LogP contribution is -2.46. The third-order valence-corrected chi connectivity index (χ3v) is 5.29. The van der Waals surface area contributed by atoms with Crippen LogP contribution in [0.3, 0.4) is 0 Å². The molecule has 104 valence electrons. The van der Waals surface area contributed by atoms with Crippen LogP contribution in [0.4, 0.5) is 0 Å². The van der Waals surface area contributed by atoms with E-state index in [4.69, 9.17) is 4.74 Å². The van der Waals surface area contributed by atoms with Crippen LogP contribution in [0.1, 0.15) is 26.7 Å². The van der Waals surface area contributed by atoms with E-state index in [1.165, 1.54) is 38.0 Å². The van der Waals surface area contributed by atoms with E-state index < -0.39 is 0 Å². The fourth-order valence-electron chi connectivity index (χ4n) is 4.15. The van der Waals surface area contributed by atoms with Crippen LogP contribution in [-0.2, 0) is 4.74 Å². The molecule has 0 aromatic carbocycles. The summed E-state index contributed by atoms with van der Waals surface area (Å²) in [5.41, 5.74) is 1.62. The largest absolute Gasteiger partial charge is 0.491 e. The molecule has 1 unspecified atom stereocenters. The summed E-state index contributed by atoms with van der Waals surface area (Å²) in [5.74, 6) is 2.06. The Kier molecular flexibility index (Phi) is 2.50. The van der Waals surface area contributed by atoms with Crippen molar-refractivity contribution in [3.05, 3.63) is 23.6 Å². The standard InChI is InChI=1S/C16H24N2O/c1-16(2)11-19-15-10-18(6-4-14(15)16)13-7-12-3-5-17(8-12)9-13/h4,10,12-13H,3,5-9,11H2,1-2H3/t12-,13-/m1/s1. The summed E-state index contributed by atoms with van der Waals surface area (Å²) in [6, 6.07) is 0.693. The molecule has 0 aliphatic carbocycles. The third-order valence-electron chi connectivity index (χ3n) is 5.29. The molecular formula is C16H24N2O. The number of allylic oxidation sites excluding steroid dienone is 1. The van der Waals surface area contributed by atoms with Crippen LogP contribution < -0.4 is 0 Å². The number of fused-ring (bicyclic) bond motifs is 3. The minimum atomic E-state index is 0.201. The normalized spacial score (nSPS) is 39.5. The number of hydrogen-bond donors (Lipinski definition) is 0. The molecule has 4 aliphatic heterocycles. The van der Waals surface area contributed by atoms with E-state index in [1.54, 1.807) is 0 Å². The molecule has 3 fully saturated rings. The van der Waals surface area contributed by atoms with Crippen LogP contribution in [0.25, 0.3) is 0 Å². The number of rotatable bonds is 1. The van der Waals surface area contributed by atoms with Gasteiger partial charge in [0.2, 0.25) is 0 Å². The van der Waals surface area contributed by atoms with E-state index in [1.807, 2.05) is 0 Å². The number of piperidine rings is 1. The Bertz CT molecular complexity index is 440. The molecule has 0 aromatic heterocycles. The second-order valence-electron chi connectivity index (χ2n) is 7.28. The van der Waals surface area contributed by atoms with Gasteiger partial charge in [-0.25, -0.2) is 0 Å². The minimum absolute atomic E-state index is 0.201. The predicted octanol–water partition coefficient (Wildman–Crippen LogP) is 2.22. The van der Waals surface area contributed by atoms with E-state index in [9.17, 15) is 0 Å². The fraction of sp³-hybridized carbons (Fsp3) is 0.750. The smallest absolute Gasteiger partial charge is 0.138 e. The highest BCUT2D eigenvalue weighted by molar-refractivity contribution is 5.38. The summed E-state index contributed by atoms with van der Waals surface area (Å²) in [6.45, 7) is 10.4. The molecule has 2 bridgehead atoms. The average Bonchev–Trinajstić information content (AvgIpc) is 2.89. The number of nitrogens with zero attached hydrogens (tertiary/aromatic N) is 2. The van der Waals surface area contributed by atoms with Crippen LogP contribution in [0.2, 0.25) is 0 Å². The van der Waals surface area contributed by atoms with Crippen molar-refractivity contribution >= 4 is 0 Å². The van der Waals surface area contributed by atoms with Crippen molar-refractivity contribution in [2.24, 2.45) is 11.3 Å². The van der Waals surface area contributed by atoms with Crippen LogP contribution in [0.5, 0.6) is 0 Å². The van der Waals surface area contributed by atoms with Gasteiger partial charge in [0.05, 0.1) is 6.61 Å². The van der Waals surface area contributed by atoms with Crippen molar-refractivity contribution < 1.29 is 4.74 Å². The molecule has 4 aliphatic rings. The zero-order chi connectivity index (χ0) is 13.0. The predicted molar refractivity (Wildman–Crippen MR) is 75.6 cm³/mol. The van der Waals surface area contributed by atoms with Crippen LogP contribution in [0, 0.1) is 11.3 Å². The topological polar surface area (TPSA) is 15.7 Å². The SMILES string of the molecule is CC1(C)COC2=CN([C@@H]3C[C@H]4CCN(C4)C3)CC=C21. The van der Waals surface area contributed by atoms with Crippen molar-refractivity contribution in [2.45, 2.75) is 32.7 Å². The zero-order valence-electron chi connectivity index (χ0n) is 12.1. The first kappa shape index (κ1) is 11.8. The Hall–Kier alpha value is -0.960. The summed E-state index contributed by atoms with van der Waals surface area (Å²) in [5, 5.41) is 0. The first-order valence-corrected chi connectivity index (χ1v) is 7.65. The van der Waals surface area contributed by atoms with Crippen molar-refractivity contribution in [1.82, 2.24) is 9.80 Å². The summed E-state index contributed by atoms with van der Waals surface area (Å²) >= 11 is 0. The average molecular weight is 260 g/mol. The second kappa shape index (κ2) is 4.02. The lowest BCUT2D eigenvalue weighted by Gasteiger charge is -2.39. The van der Waals surface area contributed by atoms with Gasteiger partial charge in [0, 0.05) is 42.9 Å². The Balaban J connectivity index is 1.52. The molecule has 3 saturated heterocycles. The fourth-order valence-corrected chi connectivity index (χ4v) is 4.15. The molecule has 4 heterocycles. The Morgan fingerprint density at radius 3 is 3.05 bits per heavy atom. The van der Waals surface area contributed by atoms with E-state index in [0.717, 1.165) is 24.8 Å². The molecular weight excluding hydrogens is 236 g/mol. The molecule has 0 radical (unpaired) electrons. The molecule has 19 heavy (non-hydrogen) atoms.